The molecule has 0 aliphatic carbocycles. The molecule has 0 nitrogen and oxygen atoms in total. The maximum absolute atomic E-state index is 13.7. The summed E-state index contributed by atoms with van der Waals surface area (Å²) in [5.74, 6) is -1.93. The lowest BCUT2D eigenvalue weighted by Crippen LogP contribution is -1.98. The second-order valence-corrected chi connectivity index (χ2v) is 6.94. The minimum absolute atomic E-state index is 0.144. The fraction of sp³-hybridized carbons (Fsp3) is 0.125. The van der Waals surface area contributed by atoms with Crippen LogP contribution in [0.3, 0.4) is 0 Å². The molecular weight excluding hydrogens is 361 g/mol. The molecule has 0 aliphatic rings. The van der Waals surface area contributed by atoms with Crippen LogP contribution in [-0.4, -0.2) is 0 Å². The van der Waals surface area contributed by atoms with Gasteiger partial charge < -0.3 is 0 Å². The van der Waals surface area contributed by atoms with E-state index in [1.54, 1.807) is 12.1 Å². The van der Waals surface area contributed by atoms with E-state index in [0.29, 0.717) is 12.0 Å². The van der Waals surface area contributed by atoms with Crippen molar-refractivity contribution in [2.45, 2.75) is 11.2 Å². The Bertz CT molecular complexity index is 797. The number of halogens is 4. The normalized spacial score (nSPS) is 12.8. The maximum atomic E-state index is 13.7. The van der Waals surface area contributed by atoms with Gasteiger partial charge in [-0.2, -0.15) is 0 Å². The highest BCUT2D eigenvalue weighted by molar-refractivity contribution is 9.09. The highest BCUT2D eigenvalue weighted by Crippen LogP contribution is 2.36. The smallest absolute Gasteiger partial charge is 0.162 e. The molecule has 0 saturated heterocycles. The Morgan fingerprint density at radius 2 is 1.86 bits per heavy atom. The molecule has 0 aliphatic heterocycles. The largest absolute Gasteiger partial charge is 0.207 e. The number of hydrogen-bond donors (Lipinski definition) is 0. The number of benzene rings is 2. The second kappa shape index (κ2) is 5.81. The van der Waals surface area contributed by atoms with E-state index in [-0.39, 0.29) is 10.6 Å². The second-order valence-electron chi connectivity index (χ2n) is 4.72. The zero-order valence-corrected chi connectivity index (χ0v) is 13.1. The lowest BCUT2D eigenvalue weighted by molar-refractivity contribution is 0.498. The predicted octanol–water partition coefficient (Wildman–Crippen LogP) is 6.00. The van der Waals surface area contributed by atoms with E-state index in [9.17, 15) is 13.2 Å². The van der Waals surface area contributed by atoms with E-state index in [0.717, 1.165) is 21.0 Å². The van der Waals surface area contributed by atoms with Crippen LogP contribution in [-0.2, 0) is 6.42 Å². The van der Waals surface area contributed by atoms with Gasteiger partial charge in [-0.05, 0) is 41.6 Å². The molecule has 0 radical (unpaired) electrons. The number of hydrogen-bond acceptors (Lipinski definition) is 1. The third-order valence-corrected chi connectivity index (χ3v) is 5.57. The van der Waals surface area contributed by atoms with Crippen LogP contribution in [0.2, 0.25) is 0 Å². The Kier molecular flexibility index (Phi) is 4.04. The molecule has 0 saturated carbocycles. The number of alkyl halides is 1. The first-order valence-corrected chi connectivity index (χ1v) is 8.04. The van der Waals surface area contributed by atoms with Gasteiger partial charge in [-0.1, -0.05) is 34.1 Å². The summed E-state index contributed by atoms with van der Waals surface area (Å²) < 4.78 is 40.9. The summed E-state index contributed by atoms with van der Waals surface area (Å²) in [7, 11) is 0. The van der Waals surface area contributed by atoms with Gasteiger partial charge in [0.1, 0.15) is 5.82 Å². The van der Waals surface area contributed by atoms with E-state index in [1.807, 2.05) is 6.07 Å². The van der Waals surface area contributed by atoms with Crippen LogP contribution in [0.4, 0.5) is 13.2 Å². The van der Waals surface area contributed by atoms with Crippen LogP contribution in [0.1, 0.15) is 15.3 Å². The molecule has 1 unspecified atom stereocenters. The van der Waals surface area contributed by atoms with Crippen LogP contribution < -0.4 is 0 Å². The predicted molar refractivity (Wildman–Crippen MR) is 83.5 cm³/mol. The molecule has 5 heteroatoms. The number of fused-ring (bicyclic) bond motifs is 1. The van der Waals surface area contributed by atoms with Gasteiger partial charge in [0.2, 0.25) is 0 Å². The maximum Gasteiger partial charge on any atom is 0.162 e. The van der Waals surface area contributed by atoms with Crippen LogP contribution >= 0.6 is 27.3 Å². The van der Waals surface area contributed by atoms with Crippen molar-refractivity contribution in [2.75, 3.05) is 0 Å². The van der Waals surface area contributed by atoms with Crippen LogP contribution in [0.25, 0.3) is 10.1 Å². The molecule has 3 rings (SSSR count). The summed E-state index contributed by atoms with van der Waals surface area (Å²) in [6.07, 6.45) is 0.332. The molecule has 3 aromatic rings. The van der Waals surface area contributed by atoms with Crippen LogP contribution in [0.5, 0.6) is 0 Å². The van der Waals surface area contributed by atoms with Gasteiger partial charge in [-0.15, -0.1) is 11.3 Å². The minimum Gasteiger partial charge on any atom is -0.207 e. The fourth-order valence-electron chi connectivity index (χ4n) is 2.18. The minimum atomic E-state index is -0.842. The molecule has 0 spiro atoms. The van der Waals surface area contributed by atoms with Gasteiger partial charge in [-0.25, -0.2) is 13.2 Å². The Morgan fingerprint density at radius 3 is 2.67 bits per heavy atom. The van der Waals surface area contributed by atoms with Gasteiger partial charge in [0.25, 0.3) is 0 Å². The summed E-state index contributed by atoms with van der Waals surface area (Å²) >= 11 is 4.95. The molecule has 0 fully saturated rings. The lowest BCUT2D eigenvalue weighted by atomic mass is 10.1. The average molecular weight is 371 g/mol. The van der Waals surface area contributed by atoms with Crippen molar-refractivity contribution < 1.29 is 13.2 Å². The monoisotopic (exact) mass is 370 g/mol. The van der Waals surface area contributed by atoms with Crippen molar-refractivity contribution in [3.63, 3.8) is 0 Å². The molecule has 1 atom stereocenters. The highest BCUT2D eigenvalue weighted by atomic mass is 79.9. The standard InChI is InChI=1S/C16H10BrF3S/c17-12(6-10-2-1-3-13(19)16(10)20)15-7-9-4-5-11(18)8-14(9)21-15/h1-5,7-8,12H,6H2. The van der Waals surface area contributed by atoms with Crippen LogP contribution in [0.15, 0.2) is 42.5 Å². The van der Waals surface area contributed by atoms with Gasteiger partial charge >= 0.3 is 0 Å². The van der Waals surface area contributed by atoms with E-state index in [1.165, 1.54) is 29.5 Å². The molecule has 1 aromatic heterocycles. The summed E-state index contributed by atoms with van der Waals surface area (Å²) in [4.78, 5) is 0.813. The van der Waals surface area contributed by atoms with Crippen molar-refractivity contribution >= 4 is 37.4 Å². The zero-order valence-electron chi connectivity index (χ0n) is 10.7. The summed E-state index contributed by atoms with van der Waals surface area (Å²) in [6, 6.07) is 10.7. The number of thiophene rings is 1. The lowest BCUT2D eigenvalue weighted by Gasteiger charge is -2.08. The molecule has 0 N–H and O–H groups in total. The summed E-state index contributed by atoms with van der Waals surface area (Å²) in [5.41, 5.74) is 0.320. The third-order valence-electron chi connectivity index (χ3n) is 3.24. The Hall–Kier alpha value is -1.33. The van der Waals surface area contributed by atoms with Crippen LogP contribution in [0, 0.1) is 17.5 Å². The van der Waals surface area contributed by atoms with Crippen molar-refractivity contribution in [1.29, 1.82) is 0 Å². The van der Waals surface area contributed by atoms with Crippen molar-refractivity contribution in [3.8, 4) is 0 Å². The summed E-state index contributed by atoms with van der Waals surface area (Å²) in [6.45, 7) is 0. The zero-order chi connectivity index (χ0) is 15.0. The number of rotatable bonds is 3. The Balaban J connectivity index is 1.89. The van der Waals surface area contributed by atoms with E-state index in [4.69, 9.17) is 0 Å². The molecule has 108 valence electrons. The van der Waals surface area contributed by atoms with E-state index in [2.05, 4.69) is 15.9 Å². The van der Waals surface area contributed by atoms with E-state index >= 15 is 0 Å². The molecule has 2 aromatic carbocycles. The first-order valence-electron chi connectivity index (χ1n) is 6.30. The van der Waals surface area contributed by atoms with Crippen molar-refractivity contribution in [3.05, 3.63) is 70.4 Å². The highest BCUT2D eigenvalue weighted by Gasteiger charge is 2.16. The SMILES string of the molecule is Fc1ccc2cc(C(Br)Cc3cccc(F)c3F)sc2c1. The van der Waals surface area contributed by atoms with Gasteiger partial charge in [0, 0.05) is 9.58 Å². The van der Waals surface area contributed by atoms with Crippen molar-refractivity contribution in [1.82, 2.24) is 0 Å². The molecule has 1 heterocycles. The van der Waals surface area contributed by atoms with Gasteiger partial charge in [0.15, 0.2) is 11.6 Å². The van der Waals surface area contributed by atoms with Gasteiger partial charge in [0.05, 0.1) is 4.83 Å². The molecule has 0 bridgehead atoms. The quantitative estimate of drug-likeness (QED) is 0.496. The molecule has 21 heavy (non-hydrogen) atoms. The van der Waals surface area contributed by atoms with Gasteiger partial charge in [-0.3, -0.25) is 0 Å². The fourth-order valence-corrected chi connectivity index (χ4v) is 4.01. The van der Waals surface area contributed by atoms with E-state index < -0.39 is 11.6 Å². The first-order chi connectivity index (χ1) is 10.0. The molecular formula is C16H10BrF3S. The average Bonchev–Trinajstić information content (AvgIpc) is 2.87. The summed E-state index contributed by atoms with van der Waals surface area (Å²) in [5, 5.41) is 0.945. The first kappa shape index (κ1) is 14.6. The Morgan fingerprint density at radius 1 is 1.05 bits per heavy atom. The molecule has 0 amide bonds. The van der Waals surface area contributed by atoms with Crippen molar-refractivity contribution in [2.24, 2.45) is 0 Å². The third kappa shape index (κ3) is 2.99. The Labute approximate surface area is 132 Å². The topological polar surface area (TPSA) is 0 Å².